The third kappa shape index (κ3) is 4.80. The van der Waals surface area contributed by atoms with Gasteiger partial charge in [-0.15, -0.1) is 0 Å². The number of nitrogens with one attached hydrogen (secondary N) is 1. The Hall–Kier alpha value is -2.00. The lowest BCUT2D eigenvalue weighted by Crippen LogP contribution is -1.95. The van der Waals surface area contributed by atoms with E-state index >= 15 is 0 Å². The fraction of sp³-hybridized carbons (Fsp3) is 0.235. The molecule has 2 aromatic rings. The highest BCUT2D eigenvalue weighted by atomic mass is 35.5. The van der Waals surface area contributed by atoms with Crippen LogP contribution >= 0.6 is 11.6 Å². The predicted molar refractivity (Wildman–Crippen MR) is 89.6 cm³/mol. The second-order valence-electron chi connectivity index (χ2n) is 4.75. The normalized spacial score (nSPS) is 10.8. The molecule has 21 heavy (non-hydrogen) atoms. The Morgan fingerprint density at radius 2 is 1.95 bits per heavy atom. The molecule has 4 heteroatoms. The number of benzene rings is 2. The molecule has 2 aromatic carbocycles. The third-order valence-electron chi connectivity index (χ3n) is 2.93. The Labute approximate surface area is 130 Å². The maximum atomic E-state index is 6.06. The second-order valence-corrected chi connectivity index (χ2v) is 5.16. The molecular weight excluding hydrogens is 284 g/mol. The van der Waals surface area contributed by atoms with Crippen LogP contribution in [0.5, 0.6) is 5.75 Å². The van der Waals surface area contributed by atoms with Crippen molar-refractivity contribution in [2.45, 2.75) is 20.3 Å². The minimum atomic E-state index is 0.729. The van der Waals surface area contributed by atoms with E-state index in [4.69, 9.17) is 16.3 Å². The zero-order valence-corrected chi connectivity index (χ0v) is 13.0. The van der Waals surface area contributed by atoms with Crippen molar-refractivity contribution in [2.75, 3.05) is 12.0 Å². The van der Waals surface area contributed by atoms with Crippen molar-refractivity contribution >= 4 is 23.5 Å². The minimum absolute atomic E-state index is 0.729. The summed E-state index contributed by atoms with van der Waals surface area (Å²) in [6, 6.07) is 13.6. The SMILES string of the molecule is CCCOc1ccc(/C=N/Nc2ccc(C)c(Cl)c2)cc1. The van der Waals surface area contributed by atoms with E-state index in [1.54, 1.807) is 6.21 Å². The summed E-state index contributed by atoms with van der Waals surface area (Å²) in [5, 5.41) is 4.93. The molecule has 0 spiro atoms. The van der Waals surface area contributed by atoms with Gasteiger partial charge in [-0.2, -0.15) is 5.10 Å². The first-order chi connectivity index (χ1) is 10.2. The van der Waals surface area contributed by atoms with Crippen LogP contribution in [0.15, 0.2) is 47.6 Å². The van der Waals surface area contributed by atoms with Gasteiger partial charge in [0, 0.05) is 5.02 Å². The van der Waals surface area contributed by atoms with E-state index in [1.165, 1.54) is 0 Å². The molecule has 0 aliphatic heterocycles. The molecule has 0 unspecified atom stereocenters. The van der Waals surface area contributed by atoms with Crippen LogP contribution in [0.2, 0.25) is 5.02 Å². The molecule has 3 nitrogen and oxygen atoms in total. The Kier molecular flexibility index (Phi) is 5.64. The molecule has 0 saturated heterocycles. The van der Waals surface area contributed by atoms with Crippen LogP contribution in [0.1, 0.15) is 24.5 Å². The summed E-state index contributed by atoms with van der Waals surface area (Å²) < 4.78 is 5.53. The van der Waals surface area contributed by atoms with Crippen LogP contribution in [0, 0.1) is 6.92 Å². The molecule has 0 aliphatic carbocycles. The number of hydrogen-bond acceptors (Lipinski definition) is 3. The standard InChI is InChI=1S/C17H19ClN2O/c1-3-10-21-16-8-5-14(6-9-16)12-19-20-15-7-4-13(2)17(18)11-15/h4-9,11-12,20H,3,10H2,1-2H3/b19-12+. The Morgan fingerprint density at radius 3 is 2.62 bits per heavy atom. The lowest BCUT2D eigenvalue weighted by atomic mass is 10.2. The average Bonchev–Trinajstić information content (AvgIpc) is 2.50. The zero-order valence-electron chi connectivity index (χ0n) is 12.3. The predicted octanol–water partition coefficient (Wildman–Crippen LogP) is 4.88. The van der Waals surface area contributed by atoms with Crippen LogP contribution < -0.4 is 10.2 Å². The Bertz CT molecular complexity index is 609. The first kappa shape index (κ1) is 15.4. The fourth-order valence-electron chi connectivity index (χ4n) is 1.71. The van der Waals surface area contributed by atoms with Gasteiger partial charge in [0.05, 0.1) is 18.5 Å². The highest BCUT2D eigenvalue weighted by Gasteiger charge is 1.96. The van der Waals surface area contributed by atoms with Gasteiger partial charge in [-0.25, -0.2) is 0 Å². The molecule has 1 N–H and O–H groups in total. The van der Waals surface area contributed by atoms with Crippen molar-refractivity contribution in [2.24, 2.45) is 5.10 Å². The summed E-state index contributed by atoms with van der Waals surface area (Å²) >= 11 is 6.06. The maximum absolute atomic E-state index is 6.06. The lowest BCUT2D eigenvalue weighted by molar-refractivity contribution is 0.317. The molecule has 0 aliphatic rings. The Balaban J connectivity index is 1.93. The summed E-state index contributed by atoms with van der Waals surface area (Å²) in [6.45, 7) is 4.80. The molecule has 0 aromatic heterocycles. The first-order valence-corrected chi connectivity index (χ1v) is 7.35. The Morgan fingerprint density at radius 1 is 1.19 bits per heavy atom. The van der Waals surface area contributed by atoms with Crippen molar-refractivity contribution in [1.29, 1.82) is 0 Å². The van der Waals surface area contributed by atoms with Crippen LogP contribution in [-0.2, 0) is 0 Å². The number of nitrogens with zero attached hydrogens (tertiary/aromatic N) is 1. The average molecular weight is 303 g/mol. The van der Waals surface area contributed by atoms with Crippen LogP contribution in [0.4, 0.5) is 5.69 Å². The lowest BCUT2D eigenvalue weighted by Gasteiger charge is -2.04. The number of hydrogen-bond donors (Lipinski definition) is 1. The van der Waals surface area contributed by atoms with Crippen molar-refractivity contribution in [3.63, 3.8) is 0 Å². The van der Waals surface area contributed by atoms with Gasteiger partial charge >= 0.3 is 0 Å². The molecule has 0 saturated carbocycles. The second kappa shape index (κ2) is 7.70. The molecular formula is C17H19ClN2O. The molecule has 0 amide bonds. The number of hydrazone groups is 1. The first-order valence-electron chi connectivity index (χ1n) is 6.97. The number of rotatable bonds is 6. The van der Waals surface area contributed by atoms with Gasteiger partial charge in [-0.1, -0.05) is 24.6 Å². The van der Waals surface area contributed by atoms with Gasteiger partial charge in [-0.3, -0.25) is 5.43 Å². The highest BCUT2D eigenvalue weighted by Crippen LogP contribution is 2.19. The molecule has 0 fully saturated rings. The van der Waals surface area contributed by atoms with Gasteiger partial charge < -0.3 is 4.74 Å². The smallest absolute Gasteiger partial charge is 0.119 e. The topological polar surface area (TPSA) is 33.6 Å². The molecule has 0 bridgehead atoms. The third-order valence-corrected chi connectivity index (χ3v) is 3.34. The van der Waals surface area contributed by atoms with Gasteiger partial charge in [0.25, 0.3) is 0 Å². The molecule has 0 radical (unpaired) electrons. The molecule has 0 atom stereocenters. The van der Waals surface area contributed by atoms with E-state index in [9.17, 15) is 0 Å². The largest absolute Gasteiger partial charge is 0.494 e. The summed E-state index contributed by atoms with van der Waals surface area (Å²) in [5.41, 5.74) is 5.88. The molecule has 2 rings (SSSR count). The number of anilines is 1. The fourth-order valence-corrected chi connectivity index (χ4v) is 1.89. The van der Waals surface area contributed by atoms with E-state index in [1.807, 2.05) is 49.4 Å². The molecule has 0 heterocycles. The van der Waals surface area contributed by atoms with Gasteiger partial charge in [0.2, 0.25) is 0 Å². The summed E-state index contributed by atoms with van der Waals surface area (Å²) in [6.07, 6.45) is 2.77. The van der Waals surface area contributed by atoms with E-state index in [0.717, 1.165) is 40.6 Å². The summed E-state index contributed by atoms with van der Waals surface area (Å²) in [5.74, 6) is 0.882. The van der Waals surface area contributed by atoms with E-state index < -0.39 is 0 Å². The van der Waals surface area contributed by atoms with Crippen molar-refractivity contribution in [1.82, 2.24) is 0 Å². The van der Waals surface area contributed by atoms with E-state index in [-0.39, 0.29) is 0 Å². The van der Waals surface area contributed by atoms with E-state index in [2.05, 4.69) is 17.5 Å². The number of ether oxygens (including phenoxy) is 1. The quantitative estimate of drug-likeness (QED) is 0.609. The van der Waals surface area contributed by atoms with Gasteiger partial charge in [0.1, 0.15) is 5.75 Å². The number of aryl methyl sites for hydroxylation is 1. The zero-order chi connectivity index (χ0) is 15.1. The van der Waals surface area contributed by atoms with Crippen molar-refractivity contribution in [3.8, 4) is 5.75 Å². The highest BCUT2D eigenvalue weighted by molar-refractivity contribution is 6.31. The van der Waals surface area contributed by atoms with Crippen molar-refractivity contribution < 1.29 is 4.74 Å². The summed E-state index contributed by atoms with van der Waals surface area (Å²) in [7, 11) is 0. The van der Waals surface area contributed by atoms with Gasteiger partial charge in [0.15, 0.2) is 0 Å². The number of halogens is 1. The maximum Gasteiger partial charge on any atom is 0.119 e. The summed E-state index contributed by atoms with van der Waals surface area (Å²) in [4.78, 5) is 0. The minimum Gasteiger partial charge on any atom is -0.494 e. The van der Waals surface area contributed by atoms with Crippen molar-refractivity contribution in [3.05, 3.63) is 58.6 Å². The molecule has 110 valence electrons. The monoisotopic (exact) mass is 302 g/mol. The van der Waals surface area contributed by atoms with Crippen LogP contribution in [0.3, 0.4) is 0 Å². The van der Waals surface area contributed by atoms with Gasteiger partial charge in [-0.05, 0) is 60.9 Å². The van der Waals surface area contributed by atoms with Crippen LogP contribution in [-0.4, -0.2) is 12.8 Å². The van der Waals surface area contributed by atoms with E-state index in [0.29, 0.717) is 0 Å². The van der Waals surface area contributed by atoms with Crippen LogP contribution in [0.25, 0.3) is 0 Å².